The monoisotopic (exact) mass is 281 g/mol. The number of nitrogens with zero attached hydrogens (tertiary/aromatic N) is 4. The maximum Gasteiger partial charge on any atom is 0.408 e. The molecule has 2 heterocycles. The normalized spacial score (nSPS) is 10.4. The van der Waals surface area contributed by atoms with E-state index in [1.54, 1.807) is 12.3 Å². The van der Waals surface area contributed by atoms with Crippen molar-refractivity contribution in [2.75, 3.05) is 11.9 Å². The third-order valence-corrected chi connectivity index (χ3v) is 2.71. The van der Waals surface area contributed by atoms with Gasteiger partial charge in [-0.15, -0.1) is 0 Å². The molecule has 0 unspecified atom stereocenters. The Morgan fingerprint density at radius 1 is 1.58 bits per heavy atom. The van der Waals surface area contributed by atoms with Crippen molar-refractivity contribution < 1.29 is 4.92 Å². The fourth-order valence-electron chi connectivity index (χ4n) is 1.66. The number of nitrogens with one attached hydrogen (secondary N) is 1. The smallest absolute Gasteiger partial charge is 0.370 e. The van der Waals surface area contributed by atoms with E-state index in [1.165, 1.54) is 10.9 Å². The van der Waals surface area contributed by atoms with E-state index in [4.69, 9.17) is 11.6 Å². The predicted molar refractivity (Wildman–Crippen MR) is 71.4 cm³/mol. The van der Waals surface area contributed by atoms with Crippen LogP contribution in [0.1, 0.15) is 12.5 Å². The Morgan fingerprint density at radius 2 is 2.37 bits per heavy atom. The zero-order valence-electron chi connectivity index (χ0n) is 10.2. The van der Waals surface area contributed by atoms with Crippen LogP contribution in [0.25, 0.3) is 0 Å². The molecule has 0 saturated carbocycles. The summed E-state index contributed by atoms with van der Waals surface area (Å²) in [6.45, 7) is 3.07. The highest BCUT2D eigenvalue weighted by Crippen LogP contribution is 2.22. The molecule has 0 aliphatic carbocycles. The molecule has 0 saturated heterocycles. The van der Waals surface area contributed by atoms with Gasteiger partial charge in [-0.05, 0) is 17.9 Å². The molecule has 8 heteroatoms. The van der Waals surface area contributed by atoms with Gasteiger partial charge < -0.3 is 15.4 Å². The lowest BCUT2D eigenvalue weighted by atomic mass is 10.2. The molecule has 0 amide bonds. The van der Waals surface area contributed by atoms with Gasteiger partial charge in [0.1, 0.15) is 5.82 Å². The summed E-state index contributed by atoms with van der Waals surface area (Å²) in [6, 6.07) is 3.68. The summed E-state index contributed by atoms with van der Waals surface area (Å²) in [7, 11) is 0. The number of nitro groups is 1. The summed E-state index contributed by atoms with van der Waals surface area (Å²) >= 11 is 5.75. The molecule has 2 rings (SSSR count). The molecule has 0 aliphatic rings. The number of hydrogen-bond acceptors (Lipinski definition) is 5. The molecule has 0 radical (unpaired) electrons. The fraction of sp³-hybridized carbons (Fsp3) is 0.273. The van der Waals surface area contributed by atoms with Crippen LogP contribution < -0.4 is 5.32 Å². The molecule has 0 atom stereocenters. The van der Waals surface area contributed by atoms with Gasteiger partial charge in [-0.3, -0.25) is 0 Å². The molecule has 19 heavy (non-hydrogen) atoms. The molecule has 0 aromatic carbocycles. The molecule has 2 aromatic rings. The predicted octanol–water partition coefficient (Wildman–Crippen LogP) is 2.32. The molecule has 0 bridgehead atoms. The molecule has 100 valence electrons. The SMILES string of the molecule is CCNc1ncccc1Cn1cc(Cl)c([N+](=O)[O-])n1. The molecular weight excluding hydrogens is 270 g/mol. The second-order valence-electron chi connectivity index (χ2n) is 3.80. The minimum Gasteiger partial charge on any atom is -0.370 e. The number of aromatic nitrogens is 3. The van der Waals surface area contributed by atoms with Gasteiger partial charge in [-0.25, -0.2) is 4.98 Å². The first-order valence-electron chi connectivity index (χ1n) is 5.67. The van der Waals surface area contributed by atoms with Crippen molar-refractivity contribution in [2.24, 2.45) is 0 Å². The van der Waals surface area contributed by atoms with Crippen LogP contribution in [0.2, 0.25) is 5.02 Å². The lowest BCUT2D eigenvalue weighted by Gasteiger charge is -2.07. The van der Waals surface area contributed by atoms with Gasteiger partial charge in [0, 0.05) is 18.3 Å². The van der Waals surface area contributed by atoms with Crippen LogP contribution in [0.3, 0.4) is 0 Å². The van der Waals surface area contributed by atoms with Gasteiger partial charge in [0.15, 0.2) is 5.02 Å². The Kier molecular flexibility index (Phi) is 3.96. The Labute approximate surface area is 114 Å². The molecule has 0 fully saturated rings. The first kappa shape index (κ1) is 13.3. The second kappa shape index (κ2) is 5.66. The van der Waals surface area contributed by atoms with E-state index in [9.17, 15) is 10.1 Å². The van der Waals surface area contributed by atoms with Crippen molar-refractivity contribution in [3.05, 3.63) is 45.2 Å². The number of hydrogen-bond donors (Lipinski definition) is 1. The molecule has 0 spiro atoms. The van der Waals surface area contributed by atoms with Gasteiger partial charge in [0.25, 0.3) is 0 Å². The zero-order chi connectivity index (χ0) is 13.8. The minimum atomic E-state index is -0.604. The first-order chi connectivity index (χ1) is 9.11. The van der Waals surface area contributed by atoms with E-state index >= 15 is 0 Å². The van der Waals surface area contributed by atoms with E-state index in [0.717, 1.165) is 17.9 Å². The molecule has 0 aliphatic heterocycles. The Balaban J connectivity index is 2.26. The Hall–Kier alpha value is -2.15. The maximum absolute atomic E-state index is 10.7. The van der Waals surface area contributed by atoms with Crippen molar-refractivity contribution in [1.82, 2.24) is 14.8 Å². The molecule has 2 aromatic heterocycles. The number of anilines is 1. The van der Waals surface area contributed by atoms with Crippen LogP contribution >= 0.6 is 11.6 Å². The maximum atomic E-state index is 10.7. The first-order valence-corrected chi connectivity index (χ1v) is 6.04. The van der Waals surface area contributed by atoms with E-state index in [1.807, 2.05) is 13.0 Å². The number of pyridine rings is 1. The third-order valence-electron chi connectivity index (χ3n) is 2.44. The van der Waals surface area contributed by atoms with E-state index < -0.39 is 4.92 Å². The molecule has 7 nitrogen and oxygen atoms in total. The number of halogens is 1. The van der Waals surface area contributed by atoms with Crippen LogP contribution in [0.15, 0.2) is 24.5 Å². The highest BCUT2D eigenvalue weighted by molar-refractivity contribution is 6.32. The standard InChI is InChI=1S/C11H12ClN5O2/c1-2-13-10-8(4-3-5-14-10)6-16-7-9(12)11(15-16)17(18)19/h3-5,7H,2,6H2,1H3,(H,13,14). The summed E-state index contributed by atoms with van der Waals surface area (Å²) in [5, 5.41) is 17.7. The van der Waals surface area contributed by atoms with Crippen LogP contribution in [-0.4, -0.2) is 26.2 Å². The van der Waals surface area contributed by atoms with Crippen LogP contribution in [-0.2, 0) is 6.54 Å². The van der Waals surface area contributed by atoms with Gasteiger partial charge in [0.05, 0.1) is 17.8 Å². The zero-order valence-corrected chi connectivity index (χ0v) is 11.0. The van der Waals surface area contributed by atoms with Gasteiger partial charge in [-0.1, -0.05) is 17.7 Å². The van der Waals surface area contributed by atoms with Gasteiger partial charge in [-0.2, -0.15) is 4.68 Å². The average Bonchev–Trinajstić information content (AvgIpc) is 2.73. The quantitative estimate of drug-likeness (QED) is 0.671. The summed E-state index contributed by atoms with van der Waals surface area (Å²) in [5.74, 6) is 0.398. The van der Waals surface area contributed by atoms with Crippen molar-refractivity contribution in [1.29, 1.82) is 0 Å². The third kappa shape index (κ3) is 3.00. The molecular formula is C11H12ClN5O2. The minimum absolute atomic E-state index is 0.0268. The summed E-state index contributed by atoms with van der Waals surface area (Å²) in [6.07, 6.45) is 3.11. The van der Waals surface area contributed by atoms with Crippen molar-refractivity contribution >= 4 is 23.2 Å². The van der Waals surface area contributed by atoms with E-state index in [-0.39, 0.29) is 10.8 Å². The summed E-state index contributed by atoms with van der Waals surface area (Å²) in [4.78, 5) is 14.3. The van der Waals surface area contributed by atoms with Crippen molar-refractivity contribution in [3.8, 4) is 0 Å². The van der Waals surface area contributed by atoms with Crippen LogP contribution in [0.5, 0.6) is 0 Å². The van der Waals surface area contributed by atoms with Gasteiger partial charge >= 0.3 is 5.82 Å². The van der Waals surface area contributed by atoms with E-state index in [2.05, 4.69) is 15.4 Å². The Bertz CT molecular complexity index is 599. The second-order valence-corrected chi connectivity index (χ2v) is 4.20. The van der Waals surface area contributed by atoms with Crippen molar-refractivity contribution in [3.63, 3.8) is 0 Å². The fourth-order valence-corrected chi connectivity index (χ4v) is 1.88. The van der Waals surface area contributed by atoms with Gasteiger partial charge in [0.2, 0.25) is 0 Å². The van der Waals surface area contributed by atoms with Crippen molar-refractivity contribution in [2.45, 2.75) is 13.5 Å². The Morgan fingerprint density at radius 3 is 3.00 bits per heavy atom. The van der Waals surface area contributed by atoms with Crippen LogP contribution in [0, 0.1) is 10.1 Å². The highest BCUT2D eigenvalue weighted by atomic mass is 35.5. The summed E-state index contributed by atoms with van der Waals surface area (Å²) in [5.41, 5.74) is 0.887. The lowest BCUT2D eigenvalue weighted by molar-refractivity contribution is -0.389. The highest BCUT2D eigenvalue weighted by Gasteiger charge is 2.19. The summed E-state index contributed by atoms with van der Waals surface area (Å²) < 4.78 is 1.43. The average molecular weight is 282 g/mol. The lowest BCUT2D eigenvalue weighted by Crippen LogP contribution is -2.07. The topological polar surface area (TPSA) is 85.9 Å². The largest absolute Gasteiger partial charge is 0.408 e. The number of rotatable bonds is 5. The molecule has 1 N–H and O–H groups in total. The van der Waals surface area contributed by atoms with E-state index in [0.29, 0.717) is 6.54 Å². The van der Waals surface area contributed by atoms with Crippen LogP contribution in [0.4, 0.5) is 11.6 Å².